The Morgan fingerprint density at radius 2 is 0.892 bits per heavy atom. The van der Waals surface area contributed by atoms with E-state index in [9.17, 15) is 19.2 Å². The fourth-order valence-electron chi connectivity index (χ4n) is 3.38. The quantitative estimate of drug-likeness (QED) is 0.559. The van der Waals surface area contributed by atoms with Gasteiger partial charge in [-0.05, 0) is 11.1 Å². The lowest BCUT2D eigenvalue weighted by atomic mass is 10.1. The highest BCUT2D eigenvalue weighted by molar-refractivity contribution is 5.87. The molecule has 0 aliphatic carbocycles. The molecule has 2 amide bonds. The Balaban J connectivity index is 1.67. The van der Waals surface area contributed by atoms with Gasteiger partial charge in [-0.2, -0.15) is 0 Å². The van der Waals surface area contributed by atoms with Crippen molar-refractivity contribution in [1.29, 1.82) is 0 Å². The zero-order valence-corrected chi connectivity index (χ0v) is 20.3. The van der Waals surface area contributed by atoms with Gasteiger partial charge in [-0.15, -0.1) is 0 Å². The highest BCUT2D eigenvalue weighted by atomic mass is 16.6. The first-order valence-electron chi connectivity index (χ1n) is 11.8. The van der Waals surface area contributed by atoms with Crippen LogP contribution in [0, 0.1) is 0 Å². The Bertz CT molecular complexity index is 936. The minimum Gasteiger partial charge on any atom is -0.461 e. The van der Waals surface area contributed by atoms with Crippen molar-refractivity contribution in [1.82, 2.24) is 10.6 Å². The maximum Gasteiger partial charge on any atom is 0.333 e. The molecule has 198 valence electrons. The van der Waals surface area contributed by atoms with E-state index in [1.807, 2.05) is 0 Å². The number of cyclic esters (lactones) is 2. The summed E-state index contributed by atoms with van der Waals surface area (Å²) < 4.78 is 26.5. The Kier molecular flexibility index (Phi) is 11.5. The molecule has 0 saturated carbocycles. The predicted octanol–water partition coefficient (Wildman–Crippen LogP) is 0.851. The van der Waals surface area contributed by atoms with Crippen molar-refractivity contribution in [2.45, 2.75) is 12.1 Å². The fourth-order valence-corrected chi connectivity index (χ4v) is 3.38. The molecule has 0 aromatic heterocycles. The molecule has 0 radical (unpaired) electrons. The maximum absolute atomic E-state index is 12.7. The third-order valence-electron chi connectivity index (χ3n) is 5.13. The number of ether oxygens (including phenoxy) is 5. The van der Waals surface area contributed by atoms with E-state index in [0.717, 1.165) is 0 Å². The van der Waals surface area contributed by atoms with Crippen molar-refractivity contribution in [3.8, 4) is 0 Å². The third kappa shape index (κ3) is 9.64. The van der Waals surface area contributed by atoms with E-state index >= 15 is 0 Å². The van der Waals surface area contributed by atoms with E-state index in [1.165, 1.54) is 0 Å². The largest absolute Gasteiger partial charge is 0.461 e. The smallest absolute Gasteiger partial charge is 0.333 e. The number of hydrogen-bond donors (Lipinski definition) is 2. The van der Waals surface area contributed by atoms with Gasteiger partial charge in [0.1, 0.15) is 26.4 Å². The van der Waals surface area contributed by atoms with E-state index in [-0.39, 0.29) is 39.6 Å². The van der Waals surface area contributed by atoms with Crippen molar-refractivity contribution in [2.75, 3.05) is 52.9 Å². The van der Waals surface area contributed by atoms with Gasteiger partial charge in [-0.3, -0.25) is 9.59 Å². The van der Waals surface area contributed by atoms with Crippen LogP contribution in [-0.4, -0.2) is 76.6 Å². The number of amides is 2. The molecule has 37 heavy (non-hydrogen) atoms. The third-order valence-corrected chi connectivity index (χ3v) is 5.13. The summed E-state index contributed by atoms with van der Waals surface area (Å²) in [5.41, 5.74) is 1.05. The van der Waals surface area contributed by atoms with Crippen LogP contribution in [0.1, 0.15) is 23.2 Å². The van der Waals surface area contributed by atoms with Crippen LogP contribution in [0.25, 0.3) is 0 Å². The Labute approximate surface area is 214 Å². The lowest BCUT2D eigenvalue weighted by molar-refractivity contribution is -0.150. The topological polar surface area (TPSA) is 138 Å². The van der Waals surface area contributed by atoms with Crippen LogP contribution < -0.4 is 10.6 Å². The molecule has 2 N–H and O–H groups in total. The molecular formula is C26H30N2O9. The molecule has 2 atom stereocenters. The fraction of sp³-hybridized carbons (Fsp3) is 0.385. The Morgan fingerprint density at radius 1 is 0.514 bits per heavy atom. The molecule has 11 nitrogen and oxygen atoms in total. The van der Waals surface area contributed by atoms with Crippen LogP contribution in [0.3, 0.4) is 0 Å². The van der Waals surface area contributed by atoms with E-state index < -0.39 is 49.1 Å². The lowest BCUT2D eigenvalue weighted by Crippen LogP contribution is -2.39. The number of carbonyl (C=O) groups is 4. The molecular weight excluding hydrogens is 484 g/mol. The van der Waals surface area contributed by atoms with Gasteiger partial charge in [0.25, 0.3) is 0 Å². The highest BCUT2D eigenvalue weighted by Crippen LogP contribution is 2.16. The van der Waals surface area contributed by atoms with Gasteiger partial charge in [0.2, 0.25) is 11.8 Å². The highest BCUT2D eigenvalue weighted by Gasteiger charge is 2.26. The van der Waals surface area contributed by atoms with Gasteiger partial charge in [0.15, 0.2) is 12.1 Å². The standard InChI is InChI=1S/C26H30N2O9/c29-21-17-35-18-22(30)28-24(20-9-5-2-6-10-20)26(32)37-16-14-34-12-11-33-13-15-36-25(31)23(27-21)19-7-3-1-4-8-19/h1-10,23-24H,11-18H2,(H,27,29)(H,28,30)/t23-,24+. The van der Waals surface area contributed by atoms with Crippen molar-refractivity contribution in [2.24, 2.45) is 0 Å². The first-order valence-corrected chi connectivity index (χ1v) is 11.8. The van der Waals surface area contributed by atoms with Crippen molar-refractivity contribution < 1.29 is 42.9 Å². The van der Waals surface area contributed by atoms with Crippen LogP contribution in [-0.2, 0) is 42.9 Å². The average molecular weight is 515 g/mol. The summed E-state index contributed by atoms with van der Waals surface area (Å²) in [4.78, 5) is 50.3. The summed E-state index contributed by atoms with van der Waals surface area (Å²) in [5, 5.41) is 5.13. The number of hydrogen-bond acceptors (Lipinski definition) is 9. The minimum atomic E-state index is -1.07. The summed E-state index contributed by atoms with van der Waals surface area (Å²) in [6, 6.07) is 15.1. The minimum absolute atomic E-state index is 0.0206. The normalized spacial score (nSPS) is 21.9. The molecule has 0 spiro atoms. The van der Waals surface area contributed by atoms with Gasteiger partial charge >= 0.3 is 11.9 Å². The van der Waals surface area contributed by atoms with Crippen molar-refractivity contribution >= 4 is 23.8 Å². The van der Waals surface area contributed by atoms with Crippen LogP contribution in [0.15, 0.2) is 60.7 Å². The van der Waals surface area contributed by atoms with Crippen LogP contribution in [0.5, 0.6) is 0 Å². The molecule has 1 heterocycles. The van der Waals surface area contributed by atoms with E-state index in [0.29, 0.717) is 11.1 Å². The maximum atomic E-state index is 12.7. The number of nitrogens with one attached hydrogen (secondary N) is 2. The second-order valence-corrected chi connectivity index (χ2v) is 7.87. The molecule has 3 rings (SSSR count). The first-order chi connectivity index (χ1) is 18.0. The van der Waals surface area contributed by atoms with Crippen molar-refractivity contribution in [3.63, 3.8) is 0 Å². The van der Waals surface area contributed by atoms with Crippen LogP contribution >= 0.6 is 0 Å². The molecule has 1 aliphatic rings. The molecule has 1 aliphatic heterocycles. The monoisotopic (exact) mass is 514 g/mol. The van der Waals surface area contributed by atoms with E-state index in [1.54, 1.807) is 60.7 Å². The average Bonchev–Trinajstić information content (AvgIpc) is 2.91. The summed E-state index contributed by atoms with van der Waals surface area (Å²) in [6.45, 7) is -0.282. The number of rotatable bonds is 2. The van der Waals surface area contributed by atoms with Gasteiger partial charge in [0.05, 0.1) is 26.4 Å². The molecule has 2 aromatic rings. The van der Waals surface area contributed by atoms with Gasteiger partial charge in [-0.25, -0.2) is 9.59 Å². The summed E-state index contributed by atoms with van der Waals surface area (Å²) in [6.07, 6.45) is 0. The Morgan fingerprint density at radius 3 is 1.30 bits per heavy atom. The summed E-state index contributed by atoms with van der Waals surface area (Å²) in [5.74, 6) is -2.58. The zero-order valence-electron chi connectivity index (χ0n) is 20.3. The number of carbonyl (C=O) groups excluding carboxylic acids is 4. The summed E-state index contributed by atoms with van der Waals surface area (Å²) >= 11 is 0. The molecule has 0 bridgehead atoms. The first kappa shape index (κ1) is 27.8. The second-order valence-electron chi connectivity index (χ2n) is 7.87. The van der Waals surface area contributed by atoms with E-state index in [4.69, 9.17) is 23.7 Å². The number of esters is 2. The van der Waals surface area contributed by atoms with Gasteiger partial charge in [0, 0.05) is 0 Å². The Hall–Kier alpha value is -3.80. The van der Waals surface area contributed by atoms with Crippen LogP contribution in [0.4, 0.5) is 0 Å². The van der Waals surface area contributed by atoms with Crippen molar-refractivity contribution in [3.05, 3.63) is 71.8 Å². The lowest BCUT2D eigenvalue weighted by Gasteiger charge is -2.19. The molecule has 1 fully saturated rings. The SMILES string of the molecule is O=C1COCC(=O)N[C@H](c2ccccc2)C(=O)OCCOCCOCCOC(=O)[C@H](c2ccccc2)N1. The van der Waals surface area contributed by atoms with Crippen LogP contribution in [0.2, 0.25) is 0 Å². The molecule has 0 unspecified atom stereocenters. The van der Waals surface area contributed by atoms with E-state index in [2.05, 4.69) is 10.6 Å². The molecule has 2 aromatic carbocycles. The number of benzene rings is 2. The molecule has 1 saturated heterocycles. The second kappa shape index (κ2) is 15.3. The zero-order chi connectivity index (χ0) is 26.3. The predicted molar refractivity (Wildman–Crippen MR) is 129 cm³/mol. The van der Waals surface area contributed by atoms with Gasteiger partial charge < -0.3 is 34.3 Å². The summed E-state index contributed by atoms with van der Waals surface area (Å²) in [7, 11) is 0. The van der Waals surface area contributed by atoms with Gasteiger partial charge in [-0.1, -0.05) is 60.7 Å². The molecule has 11 heteroatoms.